The standard InChI is InChI=1S/C19H15NO5S2/c1-25-14-9-11(7-8-13(14)21)10-15-17(22)20(19(26)27-15)16(18(23)24)12-5-3-2-4-6-12/h2-10,16,21H,1H3,(H,23,24)/p-1/b15-10-/t16-/m1/s1. The van der Waals surface area contributed by atoms with Gasteiger partial charge < -0.3 is 19.7 Å². The summed E-state index contributed by atoms with van der Waals surface area (Å²) in [5.74, 6) is -1.69. The molecule has 0 radical (unpaired) electrons. The molecule has 8 heteroatoms. The quantitative estimate of drug-likeness (QED) is 0.607. The third-order valence-electron chi connectivity index (χ3n) is 3.92. The van der Waals surface area contributed by atoms with Crippen molar-refractivity contribution < 1.29 is 24.5 Å². The van der Waals surface area contributed by atoms with Gasteiger partial charge in [-0.25, -0.2) is 0 Å². The van der Waals surface area contributed by atoms with Crippen LogP contribution in [0.3, 0.4) is 0 Å². The number of hydrogen-bond acceptors (Lipinski definition) is 7. The van der Waals surface area contributed by atoms with Crippen LogP contribution in [0, 0.1) is 0 Å². The number of phenols is 1. The maximum atomic E-state index is 12.8. The largest absolute Gasteiger partial charge is 0.547 e. The lowest BCUT2D eigenvalue weighted by Gasteiger charge is -2.27. The first-order valence-corrected chi connectivity index (χ1v) is 9.04. The molecule has 2 aromatic rings. The summed E-state index contributed by atoms with van der Waals surface area (Å²) in [7, 11) is 1.42. The van der Waals surface area contributed by atoms with E-state index in [1.54, 1.807) is 48.5 Å². The van der Waals surface area contributed by atoms with E-state index in [2.05, 4.69) is 0 Å². The van der Waals surface area contributed by atoms with Crippen molar-refractivity contribution >= 4 is 46.3 Å². The van der Waals surface area contributed by atoms with Crippen LogP contribution in [0.25, 0.3) is 6.08 Å². The normalized spacial score (nSPS) is 16.6. The number of carbonyl (C=O) groups is 2. The molecular weight excluding hydrogens is 386 g/mol. The number of aromatic hydroxyl groups is 1. The number of amides is 1. The molecule has 1 aliphatic rings. The maximum Gasteiger partial charge on any atom is 0.267 e. The summed E-state index contributed by atoms with van der Waals surface area (Å²) in [6.45, 7) is 0. The smallest absolute Gasteiger partial charge is 0.267 e. The van der Waals surface area contributed by atoms with Crippen LogP contribution in [0.4, 0.5) is 0 Å². The highest BCUT2D eigenvalue weighted by Crippen LogP contribution is 2.38. The van der Waals surface area contributed by atoms with Crippen LogP contribution in [-0.2, 0) is 9.59 Å². The van der Waals surface area contributed by atoms with Gasteiger partial charge in [0.1, 0.15) is 10.4 Å². The molecule has 1 N–H and O–H groups in total. The number of thiocarbonyl (C=S) groups is 1. The molecule has 1 atom stereocenters. The number of methoxy groups -OCH3 is 1. The number of benzene rings is 2. The number of ether oxygens (including phenoxy) is 1. The number of aliphatic carboxylic acids is 1. The number of hydrogen-bond donors (Lipinski definition) is 1. The molecule has 1 aliphatic heterocycles. The van der Waals surface area contributed by atoms with Crippen LogP contribution in [0.1, 0.15) is 17.2 Å². The van der Waals surface area contributed by atoms with Crippen molar-refractivity contribution in [1.29, 1.82) is 0 Å². The summed E-state index contributed by atoms with van der Waals surface area (Å²) in [6.07, 6.45) is 1.57. The van der Waals surface area contributed by atoms with Gasteiger partial charge in [-0.2, -0.15) is 0 Å². The number of rotatable bonds is 5. The minimum atomic E-state index is -1.41. The van der Waals surface area contributed by atoms with E-state index in [4.69, 9.17) is 17.0 Å². The summed E-state index contributed by atoms with van der Waals surface area (Å²) in [6, 6.07) is 11.6. The Labute approximate surface area is 165 Å². The molecule has 27 heavy (non-hydrogen) atoms. The van der Waals surface area contributed by atoms with E-state index in [-0.39, 0.29) is 20.7 Å². The number of carboxylic acids is 1. The van der Waals surface area contributed by atoms with Gasteiger partial charge in [-0.15, -0.1) is 0 Å². The Kier molecular flexibility index (Phi) is 5.48. The first-order chi connectivity index (χ1) is 12.9. The second-order valence-corrected chi connectivity index (χ2v) is 7.29. The third kappa shape index (κ3) is 3.81. The van der Waals surface area contributed by atoms with Crippen molar-refractivity contribution in [1.82, 2.24) is 4.90 Å². The highest BCUT2D eigenvalue weighted by Gasteiger charge is 2.38. The summed E-state index contributed by atoms with van der Waals surface area (Å²) in [4.78, 5) is 25.9. The molecule has 2 aromatic carbocycles. The van der Waals surface area contributed by atoms with Gasteiger partial charge in [0.15, 0.2) is 11.5 Å². The van der Waals surface area contributed by atoms with E-state index in [9.17, 15) is 19.8 Å². The molecular formula is C19H14NO5S2-. The van der Waals surface area contributed by atoms with Gasteiger partial charge in [0, 0.05) is 0 Å². The van der Waals surface area contributed by atoms with Gasteiger partial charge in [-0.3, -0.25) is 9.69 Å². The second kappa shape index (κ2) is 7.81. The molecule has 0 bridgehead atoms. The van der Waals surface area contributed by atoms with Crippen molar-refractivity contribution in [2.24, 2.45) is 0 Å². The molecule has 0 saturated carbocycles. The summed E-state index contributed by atoms with van der Waals surface area (Å²) in [5, 5.41) is 21.4. The minimum absolute atomic E-state index is 0.0247. The van der Waals surface area contributed by atoms with Crippen LogP contribution in [0.2, 0.25) is 0 Å². The fraction of sp³-hybridized carbons (Fsp3) is 0.105. The Bertz CT molecular complexity index is 942. The predicted molar refractivity (Wildman–Crippen MR) is 104 cm³/mol. The summed E-state index contributed by atoms with van der Waals surface area (Å²) in [5.41, 5.74) is 1.01. The Balaban J connectivity index is 1.96. The van der Waals surface area contributed by atoms with Crippen molar-refractivity contribution in [3.8, 4) is 11.5 Å². The molecule has 0 aliphatic carbocycles. The lowest BCUT2D eigenvalue weighted by molar-refractivity contribution is -0.310. The zero-order chi connectivity index (χ0) is 19.6. The van der Waals surface area contributed by atoms with E-state index in [0.29, 0.717) is 11.1 Å². The fourth-order valence-corrected chi connectivity index (χ4v) is 3.98. The van der Waals surface area contributed by atoms with E-state index in [0.717, 1.165) is 16.7 Å². The van der Waals surface area contributed by atoms with Crippen LogP contribution in [-0.4, -0.2) is 33.3 Å². The minimum Gasteiger partial charge on any atom is -0.547 e. The number of nitrogens with zero attached hydrogens (tertiary/aromatic N) is 1. The van der Waals surface area contributed by atoms with Crippen molar-refractivity contribution in [3.63, 3.8) is 0 Å². The molecule has 1 heterocycles. The van der Waals surface area contributed by atoms with Gasteiger partial charge in [0.05, 0.1) is 18.0 Å². The SMILES string of the molecule is COc1cc(/C=C2\SC(=S)N([C@@H](C(=O)[O-])c3ccccc3)C2=O)ccc1O. The van der Waals surface area contributed by atoms with E-state index < -0.39 is 17.9 Å². The van der Waals surface area contributed by atoms with E-state index in [1.165, 1.54) is 13.2 Å². The molecule has 1 fully saturated rings. The number of carbonyl (C=O) groups excluding carboxylic acids is 2. The predicted octanol–water partition coefficient (Wildman–Crippen LogP) is 2.09. The van der Waals surface area contributed by atoms with Gasteiger partial charge in [0.25, 0.3) is 5.91 Å². The molecule has 0 aromatic heterocycles. The molecule has 0 unspecified atom stereocenters. The van der Waals surface area contributed by atoms with Crippen molar-refractivity contribution in [2.75, 3.05) is 7.11 Å². The zero-order valence-electron chi connectivity index (χ0n) is 14.1. The zero-order valence-corrected chi connectivity index (χ0v) is 15.8. The second-order valence-electron chi connectivity index (χ2n) is 5.62. The van der Waals surface area contributed by atoms with Gasteiger partial charge >= 0.3 is 0 Å². The lowest BCUT2D eigenvalue weighted by Crippen LogP contribution is -2.43. The Morgan fingerprint density at radius 1 is 1.30 bits per heavy atom. The van der Waals surface area contributed by atoms with Crippen LogP contribution in [0.15, 0.2) is 53.4 Å². The average molecular weight is 400 g/mol. The highest BCUT2D eigenvalue weighted by molar-refractivity contribution is 8.26. The molecule has 1 amide bonds. The first-order valence-electron chi connectivity index (χ1n) is 7.82. The Morgan fingerprint density at radius 3 is 2.63 bits per heavy atom. The molecule has 0 spiro atoms. The summed E-state index contributed by atoms with van der Waals surface area (Å²) < 4.78 is 5.19. The monoisotopic (exact) mass is 400 g/mol. The maximum absolute atomic E-state index is 12.8. The van der Waals surface area contributed by atoms with Gasteiger partial charge in [0.2, 0.25) is 0 Å². The van der Waals surface area contributed by atoms with E-state index in [1.807, 2.05) is 0 Å². The van der Waals surface area contributed by atoms with Crippen LogP contribution in [0.5, 0.6) is 11.5 Å². The lowest BCUT2D eigenvalue weighted by atomic mass is 10.1. The van der Waals surface area contributed by atoms with Crippen LogP contribution < -0.4 is 9.84 Å². The van der Waals surface area contributed by atoms with Gasteiger partial charge in [-0.05, 0) is 29.3 Å². The molecule has 3 rings (SSSR count). The topological polar surface area (TPSA) is 89.9 Å². The third-order valence-corrected chi connectivity index (χ3v) is 5.25. The fourth-order valence-electron chi connectivity index (χ4n) is 2.66. The molecule has 138 valence electrons. The Morgan fingerprint density at radius 2 is 2.00 bits per heavy atom. The van der Waals surface area contributed by atoms with Crippen molar-refractivity contribution in [3.05, 3.63) is 64.6 Å². The molecule has 6 nitrogen and oxygen atoms in total. The number of thioether (sulfide) groups is 1. The first kappa shape index (κ1) is 18.9. The van der Waals surface area contributed by atoms with Gasteiger partial charge in [-0.1, -0.05) is 60.4 Å². The number of phenolic OH excluding ortho intramolecular Hbond substituents is 1. The highest BCUT2D eigenvalue weighted by atomic mass is 32.2. The molecule has 1 saturated heterocycles. The van der Waals surface area contributed by atoms with Crippen LogP contribution >= 0.6 is 24.0 Å². The summed E-state index contributed by atoms with van der Waals surface area (Å²) >= 11 is 6.26. The van der Waals surface area contributed by atoms with Crippen molar-refractivity contribution in [2.45, 2.75) is 6.04 Å². The Hall–Kier alpha value is -2.84. The average Bonchev–Trinajstić information content (AvgIpc) is 2.92. The van der Waals surface area contributed by atoms with E-state index >= 15 is 0 Å². The number of carboxylic acid groups (broad SMARTS) is 1.